The largest absolute Gasteiger partial charge is 0.352 e. The minimum Gasteiger partial charge on any atom is -0.352 e. The number of H-pyrrole nitrogens is 1. The van der Waals surface area contributed by atoms with Crippen LogP contribution in [0.1, 0.15) is 10.4 Å². The molecular formula is C17H14N6O2S. The molecule has 9 heteroatoms. The Morgan fingerprint density at radius 2 is 1.96 bits per heavy atom. The molecular weight excluding hydrogens is 352 g/mol. The highest BCUT2D eigenvalue weighted by Gasteiger charge is 2.10. The van der Waals surface area contributed by atoms with Gasteiger partial charge in [0, 0.05) is 5.56 Å². The number of thiazole rings is 1. The van der Waals surface area contributed by atoms with E-state index in [0.717, 1.165) is 21.3 Å². The summed E-state index contributed by atoms with van der Waals surface area (Å²) in [5.74, 6) is -0.782. The number of aromatic nitrogens is 3. The van der Waals surface area contributed by atoms with E-state index in [2.05, 4.69) is 31.1 Å². The van der Waals surface area contributed by atoms with Gasteiger partial charge in [-0.15, -0.1) is 0 Å². The van der Waals surface area contributed by atoms with Crippen LogP contribution >= 0.6 is 11.3 Å². The highest BCUT2D eigenvalue weighted by atomic mass is 32.1. The van der Waals surface area contributed by atoms with Gasteiger partial charge in [-0.05, 0) is 30.3 Å². The van der Waals surface area contributed by atoms with E-state index in [1.807, 2.05) is 24.3 Å². The average molecular weight is 366 g/mol. The van der Waals surface area contributed by atoms with Gasteiger partial charge < -0.3 is 10.3 Å². The second-order valence-electron chi connectivity index (χ2n) is 5.48. The zero-order valence-corrected chi connectivity index (χ0v) is 14.3. The van der Waals surface area contributed by atoms with E-state index < -0.39 is 5.91 Å². The van der Waals surface area contributed by atoms with Crippen LogP contribution in [0.4, 0.5) is 5.13 Å². The van der Waals surface area contributed by atoms with Crippen LogP contribution in [0, 0.1) is 0 Å². The maximum Gasteiger partial charge on any atom is 0.269 e. The van der Waals surface area contributed by atoms with Crippen LogP contribution in [-0.2, 0) is 4.79 Å². The first-order chi connectivity index (χ1) is 12.7. The summed E-state index contributed by atoms with van der Waals surface area (Å²) in [5.41, 5.74) is 7.58. The smallest absolute Gasteiger partial charge is 0.269 e. The predicted molar refractivity (Wildman–Crippen MR) is 99.8 cm³/mol. The van der Waals surface area contributed by atoms with Crippen molar-refractivity contribution < 1.29 is 9.59 Å². The van der Waals surface area contributed by atoms with Crippen LogP contribution in [0.2, 0.25) is 0 Å². The third kappa shape index (κ3) is 3.33. The normalized spacial score (nSPS) is 10.8. The molecule has 2 aromatic carbocycles. The van der Waals surface area contributed by atoms with Gasteiger partial charge in [0.05, 0.1) is 34.1 Å². The van der Waals surface area contributed by atoms with Crippen molar-refractivity contribution in [2.24, 2.45) is 0 Å². The standard InChI is InChI=1S/C17H14N6O2S/c24-15(8-18-17-21-12-3-1-2-4-14(12)26-17)22-23-16(25)10-5-6-11-13(7-10)20-9-19-11/h1-7,9H,8H2,(H,18,21)(H,19,20)(H,22,24)(H,23,25). The van der Waals surface area contributed by atoms with E-state index in [4.69, 9.17) is 0 Å². The fraction of sp³-hybridized carbons (Fsp3) is 0.0588. The van der Waals surface area contributed by atoms with Crippen molar-refractivity contribution in [3.63, 3.8) is 0 Å². The number of nitrogens with zero attached hydrogens (tertiary/aromatic N) is 2. The Morgan fingerprint density at radius 3 is 2.85 bits per heavy atom. The van der Waals surface area contributed by atoms with Crippen molar-refractivity contribution >= 4 is 49.5 Å². The highest BCUT2D eigenvalue weighted by Crippen LogP contribution is 2.24. The first-order valence-corrected chi connectivity index (χ1v) is 8.62. The first kappa shape index (κ1) is 16.0. The predicted octanol–water partition coefficient (Wildman–Crippen LogP) is 2.05. The Balaban J connectivity index is 1.31. The van der Waals surface area contributed by atoms with Gasteiger partial charge >= 0.3 is 0 Å². The number of benzene rings is 2. The fourth-order valence-corrected chi connectivity index (χ4v) is 3.28. The molecule has 0 spiro atoms. The molecule has 130 valence electrons. The van der Waals surface area contributed by atoms with Gasteiger partial charge in [-0.1, -0.05) is 23.5 Å². The fourth-order valence-electron chi connectivity index (χ4n) is 2.42. The van der Waals surface area contributed by atoms with Crippen LogP contribution in [0.5, 0.6) is 0 Å². The van der Waals surface area contributed by atoms with Gasteiger partial charge in [0.1, 0.15) is 0 Å². The van der Waals surface area contributed by atoms with E-state index in [9.17, 15) is 9.59 Å². The van der Waals surface area contributed by atoms with Crippen molar-refractivity contribution in [2.45, 2.75) is 0 Å². The van der Waals surface area contributed by atoms with Crippen molar-refractivity contribution in [1.29, 1.82) is 0 Å². The molecule has 0 atom stereocenters. The molecule has 4 aromatic rings. The Hall–Kier alpha value is -3.46. The molecule has 8 nitrogen and oxygen atoms in total. The molecule has 0 unspecified atom stereocenters. The van der Waals surface area contributed by atoms with Crippen LogP contribution < -0.4 is 16.2 Å². The van der Waals surface area contributed by atoms with E-state index in [-0.39, 0.29) is 12.5 Å². The van der Waals surface area contributed by atoms with E-state index in [1.165, 1.54) is 11.3 Å². The Kier molecular flexibility index (Phi) is 4.20. The molecule has 0 saturated heterocycles. The number of hydrogen-bond acceptors (Lipinski definition) is 6. The minimum absolute atomic E-state index is 0.000312. The molecule has 2 aromatic heterocycles. The number of carbonyl (C=O) groups excluding carboxylic acids is 2. The number of amides is 2. The second-order valence-corrected chi connectivity index (χ2v) is 6.51. The van der Waals surface area contributed by atoms with Crippen molar-refractivity contribution in [1.82, 2.24) is 25.8 Å². The Labute approximate surface area is 151 Å². The SMILES string of the molecule is O=C(CNc1nc2ccccc2s1)NNC(=O)c1ccc2nc[nH]c2c1. The summed E-state index contributed by atoms with van der Waals surface area (Å²) in [5, 5.41) is 3.60. The lowest BCUT2D eigenvalue weighted by atomic mass is 10.2. The molecule has 0 radical (unpaired) electrons. The molecule has 4 N–H and O–H groups in total. The monoisotopic (exact) mass is 366 g/mol. The number of hydrogen-bond donors (Lipinski definition) is 4. The van der Waals surface area contributed by atoms with E-state index in [1.54, 1.807) is 24.5 Å². The van der Waals surface area contributed by atoms with E-state index >= 15 is 0 Å². The van der Waals surface area contributed by atoms with Crippen molar-refractivity contribution in [2.75, 3.05) is 11.9 Å². The lowest BCUT2D eigenvalue weighted by Crippen LogP contribution is -2.44. The number of nitrogens with one attached hydrogen (secondary N) is 4. The van der Waals surface area contributed by atoms with Crippen LogP contribution in [0.3, 0.4) is 0 Å². The molecule has 26 heavy (non-hydrogen) atoms. The lowest BCUT2D eigenvalue weighted by Gasteiger charge is -2.07. The van der Waals surface area contributed by atoms with Gasteiger partial charge in [-0.3, -0.25) is 20.4 Å². The second kappa shape index (κ2) is 6.81. The van der Waals surface area contributed by atoms with E-state index in [0.29, 0.717) is 10.7 Å². The molecule has 2 heterocycles. The summed E-state index contributed by atoms with van der Waals surface area (Å²) in [4.78, 5) is 35.4. The molecule has 2 amide bonds. The summed E-state index contributed by atoms with van der Waals surface area (Å²) in [6.45, 7) is -0.000312. The van der Waals surface area contributed by atoms with Gasteiger partial charge in [-0.2, -0.15) is 0 Å². The average Bonchev–Trinajstić information content (AvgIpc) is 3.29. The number of rotatable bonds is 4. The van der Waals surface area contributed by atoms with Crippen LogP contribution in [-0.4, -0.2) is 33.3 Å². The molecule has 0 aliphatic heterocycles. The number of carbonyl (C=O) groups is 2. The van der Waals surface area contributed by atoms with Gasteiger partial charge in [0.2, 0.25) is 0 Å². The molecule has 0 fully saturated rings. The number of aromatic amines is 1. The Morgan fingerprint density at radius 1 is 1.08 bits per heavy atom. The summed E-state index contributed by atoms with van der Waals surface area (Å²) < 4.78 is 1.04. The number of fused-ring (bicyclic) bond motifs is 2. The number of para-hydroxylation sites is 1. The summed E-state index contributed by atoms with van der Waals surface area (Å²) in [6.07, 6.45) is 1.56. The Bertz CT molecular complexity index is 1070. The van der Waals surface area contributed by atoms with Crippen molar-refractivity contribution in [3.8, 4) is 0 Å². The summed E-state index contributed by atoms with van der Waals surface area (Å²) >= 11 is 1.46. The maximum absolute atomic E-state index is 12.1. The number of anilines is 1. The highest BCUT2D eigenvalue weighted by molar-refractivity contribution is 7.22. The maximum atomic E-state index is 12.1. The third-order valence-corrected chi connectivity index (χ3v) is 4.69. The molecule has 0 aliphatic rings. The third-order valence-electron chi connectivity index (χ3n) is 3.69. The first-order valence-electron chi connectivity index (χ1n) is 7.81. The van der Waals surface area contributed by atoms with Crippen LogP contribution in [0.15, 0.2) is 48.8 Å². The van der Waals surface area contributed by atoms with Gasteiger partial charge in [0.15, 0.2) is 5.13 Å². The molecule has 0 aliphatic carbocycles. The van der Waals surface area contributed by atoms with Gasteiger partial charge in [-0.25, -0.2) is 9.97 Å². The topological polar surface area (TPSA) is 112 Å². The number of hydrazine groups is 1. The molecule has 4 rings (SSSR count). The number of imidazole rings is 1. The van der Waals surface area contributed by atoms with Crippen LogP contribution in [0.25, 0.3) is 21.3 Å². The van der Waals surface area contributed by atoms with Gasteiger partial charge in [0.25, 0.3) is 11.8 Å². The lowest BCUT2D eigenvalue weighted by molar-refractivity contribution is -0.120. The molecule has 0 bridgehead atoms. The molecule has 0 saturated carbocycles. The zero-order valence-electron chi connectivity index (χ0n) is 13.4. The zero-order chi connectivity index (χ0) is 17.9. The summed E-state index contributed by atoms with van der Waals surface area (Å²) in [6, 6.07) is 12.8. The minimum atomic E-state index is -0.408. The van der Waals surface area contributed by atoms with Crippen molar-refractivity contribution in [3.05, 3.63) is 54.4 Å². The summed E-state index contributed by atoms with van der Waals surface area (Å²) in [7, 11) is 0. The quantitative estimate of drug-likeness (QED) is 0.413.